The van der Waals surface area contributed by atoms with Gasteiger partial charge in [-0.3, -0.25) is 0 Å². The Balaban J connectivity index is 2.17. The molecule has 66 valence electrons. The molecule has 0 radical (unpaired) electrons. The topological polar surface area (TPSA) is 0 Å². The van der Waals surface area contributed by atoms with Gasteiger partial charge in [0.1, 0.15) is 0 Å². The van der Waals surface area contributed by atoms with Crippen LogP contribution in [-0.4, -0.2) is 0 Å². The van der Waals surface area contributed by atoms with Crippen LogP contribution in [0.15, 0.2) is 11.1 Å². The first-order chi connectivity index (χ1) is 6.24. The molecule has 3 rings (SSSR count). The summed E-state index contributed by atoms with van der Waals surface area (Å²) >= 11 is 1.97. The van der Waals surface area contributed by atoms with E-state index in [4.69, 9.17) is 0 Å². The molecule has 0 aromatic carbocycles. The first-order valence-corrected chi connectivity index (χ1v) is 5.54. The Kier molecular flexibility index (Phi) is 1.37. The summed E-state index contributed by atoms with van der Waals surface area (Å²) in [4.78, 5) is 3.04. The van der Waals surface area contributed by atoms with Crippen LogP contribution in [0, 0.1) is 0 Å². The van der Waals surface area contributed by atoms with Crippen LogP contribution < -0.4 is 0 Å². The Hall–Kier alpha value is -0.820. The Bertz CT molecular complexity index is 403. The van der Waals surface area contributed by atoms with Crippen LogP contribution in [0.3, 0.4) is 0 Å². The molecule has 0 spiro atoms. The predicted octanol–water partition coefficient (Wildman–Crippen LogP) is 3.67. The van der Waals surface area contributed by atoms with E-state index in [1.807, 2.05) is 11.3 Å². The highest BCUT2D eigenvalue weighted by atomic mass is 32.1. The fourth-order valence-corrected chi connectivity index (χ4v) is 3.66. The Labute approximate surface area is 82.6 Å². The van der Waals surface area contributed by atoms with Crippen molar-refractivity contribution >= 4 is 23.5 Å². The normalized spacial score (nSPS) is 18.3. The van der Waals surface area contributed by atoms with Crippen molar-refractivity contribution in [3.63, 3.8) is 0 Å². The molecule has 0 amide bonds. The number of hydrogen-bond acceptors (Lipinski definition) is 1. The maximum Gasteiger partial charge on any atom is 0.0314 e. The maximum absolute atomic E-state index is 2.35. The molecule has 2 aliphatic carbocycles. The SMILES string of the molecule is CC1=Cc2sc3c(c2C1)CC(C)=C3. The van der Waals surface area contributed by atoms with E-state index in [9.17, 15) is 0 Å². The average molecular weight is 188 g/mol. The highest BCUT2D eigenvalue weighted by Crippen LogP contribution is 2.41. The van der Waals surface area contributed by atoms with Gasteiger partial charge in [0.2, 0.25) is 0 Å². The summed E-state index contributed by atoms with van der Waals surface area (Å²) in [6.45, 7) is 4.46. The number of allylic oxidation sites excluding steroid dienone is 2. The van der Waals surface area contributed by atoms with Gasteiger partial charge in [-0.1, -0.05) is 11.1 Å². The third-order valence-corrected chi connectivity index (χ3v) is 4.01. The second kappa shape index (κ2) is 2.36. The van der Waals surface area contributed by atoms with Crippen molar-refractivity contribution in [2.24, 2.45) is 0 Å². The Morgan fingerprint density at radius 3 is 1.85 bits per heavy atom. The second-order valence-corrected chi connectivity index (χ2v) is 5.21. The molecular formula is C12H12S. The monoisotopic (exact) mass is 188 g/mol. The molecule has 0 atom stereocenters. The van der Waals surface area contributed by atoms with Gasteiger partial charge < -0.3 is 0 Å². The molecule has 0 saturated heterocycles. The zero-order valence-electron chi connectivity index (χ0n) is 7.98. The lowest BCUT2D eigenvalue weighted by Gasteiger charge is -1.97. The van der Waals surface area contributed by atoms with Crippen molar-refractivity contribution in [1.82, 2.24) is 0 Å². The lowest BCUT2D eigenvalue weighted by atomic mass is 10.1. The summed E-state index contributed by atoms with van der Waals surface area (Å²) in [5, 5.41) is 0. The first-order valence-electron chi connectivity index (χ1n) is 4.73. The van der Waals surface area contributed by atoms with E-state index in [0.717, 1.165) is 0 Å². The van der Waals surface area contributed by atoms with E-state index in [0.29, 0.717) is 0 Å². The van der Waals surface area contributed by atoms with Crippen LogP contribution in [0.5, 0.6) is 0 Å². The minimum Gasteiger partial charge on any atom is -0.136 e. The highest BCUT2D eigenvalue weighted by molar-refractivity contribution is 7.14. The molecule has 0 unspecified atom stereocenters. The van der Waals surface area contributed by atoms with Crippen LogP contribution in [-0.2, 0) is 12.8 Å². The van der Waals surface area contributed by atoms with Gasteiger partial charge in [-0.15, -0.1) is 11.3 Å². The fourth-order valence-electron chi connectivity index (χ4n) is 2.27. The summed E-state index contributed by atoms with van der Waals surface area (Å²) in [5.41, 5.74) is 6.28. The quantitative estimate of drug-likeness (QED) is 0.582. The molecule has 1 aromatic heterocycles. The molecular weight excluding hydrogens is 176 g/mol. The number of fused-ring (bicyclic) bond motifs is 3. The van der Waals surface area contributed by atoms with Crippen LogP contribution in [0.25, 0.3) is 12.2 Å². The van der Waals surface area contributed by atoms with E-state index in [-0.39, 0.29) is 0 Å². The molecule has 0 fully saturated rings. The minimum absolute atomic E-state index is 1.20. The lowest BCUT2D eigenvalue weighted by molar-refractivity contribution is 1.11. The second-order valence-electron chi connectivity index (χ2n) is 4.12. The number of thiophene rings is 1. The van der Waals surface area contributed by atoms with Crippen molar-refractivity contribution in [3.8, 4) is 0 Å². The molecule has 0 nitrogen and oxygen atoms in total. The van der Waals surface area contributed by atoms with E-state index in [2.05, 4.69) is 26.0 Å². The van der Waals surface area contributed by atoms with Crippen molar-refractivity contribution in [3.05, 3.63) is 32.0 Å². The summed E-state index contributed by atoms with van der Waals surface area (Å²) in [5.74, 6) is 0. The largest absolute Gasteiger partial charge is 0.136 e. The molecule has 0 saturated carbocycles. The first kappa shape index (κ1) is 7.57. The fraction of sp³-hybridized carbons (Fsp3) is 0.333. The van der Waals surface area contributed by atoms with Crippen LogP contribution in [0.2, 0.25) is 0 Å². The van der Waals surface area contributed by atoms with Crippen LogP contribution in [0.4, 0.5) is 0 Å². The standard InChI is InChI=1S/C12H12S/c1-7-3-9-10-4-8(2)6-12(10)13-11(9)5-7/h5-6H,3-4H2,1-2H3. The van der Waals surface area contributed by atoms with Gasteiger partial charge in [0, 0.05) is 9.75 Å². The van der Waals surface area contributed by atoms with Crippen LogP contribution >= 0.6 is 11.3 Å². The van der Waals surface area contributed by atoms with Crippen molar-refractivity contribution < 1.29 is 0 Å². The third-order valence-electron chi connectivity index (χ3n) is 2.85. The molecule has 1 aromatic rings. The van der Waals surface area contributed by atoms with Gasteiger partial charge in [-0.2, -0.15) is 0 Å². The van der Waals surface area contributed by atoms with E-state index in [1.54, 1.807) is 11.1 Å². The van der Waals surface area contributed by atoms with Crippen molar-refractivity contribution in [2.75, 3.05) is 0 Å². The smallest absolute Gasteiger partial charge is 0.0314 e. The van der Waals surface area contributed by atoms with Gasteiger partial charge in [0.15, 0.2) is 0 Å². The summed E-state index contributed by atoms with van der Waals surface area (Å²) in [6, 6.07) is 0. The lowest BCUT2D eigenvalue weighted by Crippen LogP contribution is -1.87. The molecule has 0 aliphatic heterocycles. The van der Waals surface area contributed by atoms with E-state index in [1.165, 1.54) is 33.7 Å². The van der Waals surface area contributed by atoms with E-state index < -0.39 is 0 Å². The maximum atomic E-state index is 2.35. The zero-order valence-corrected chi connectivity index (χ0v) is 8.79. The molecule has 0 N–H and O–H groups in total. The summed E-state index contributed by atoms with van der Waals surface area (Å²) < 4.78 is 0. The Morgan fingerprint density at radius 2 is 1.38 bits per heavy atom. The highest BCUT2D eigenvalue weighted by Gasteiger charge is 2.23. The Morgan fingerprint density at radius 1 is 0.923 bits per heavy atom. The van der Waals surface area contributed by atoms with E-state index >= 15 is 0 Å². The van der Waals surface area contributed by atoms with Gasteiger partial charge in [0.05, 0.1) is 0 Å². The average Bonchev–Trinajstić information content (AvgIpc) is 2.60. The van der Waals surface area contributed by atoms with Crippen molar-refractivity contribution in [1.29, 1.82) is 0 Å². The van der Waals surface area contributed by atoms with Crippen molar-refractivity contribution in [2.45, 2.75) is 26.7 Å². The molecule has 1 heterocycles. The van der Waals surface area contributed by atoms with Gasteiger partial charge >= 0.3 is 0 Å². The van der Waals surface area contributed by atoms with Gasteiger partial charge in [-0.25, -0.2) is 0 Å². The summed E-state index contributed by atoms with van der Waals surface area (Å²) in [6.07, 6.45) is 7.09. The number of hydrogen-bond donors (Lipinski definition) is 0. The molecule has 13 heavy (non-hydrogen) atoms. The third kappa shape index (κ3) is 0.969. The molecule has 0 bridgehead atoms. The number of rotatable bonds is 0. The molecule has 1 heteroatoms. The summed E-state index contributed by atoms with van der Waals surface area (Å²) in [7, 11) is 0. The molecule has 2 aliphatic rings. The predicted molar refractivity (Wildman–Crippen MR) is 59.0 cm³/mol. The van der Waals surface area contributed by atoms with Gasteiger partial charge in [0.25, 0.3) is 0 Å². The minimum atomic E-state index is 1.20. The zero-order chi connectivity index (χ0) is 9.00. The van der Waals surface area contributed by atoms with Crippen LogP contribution in [0.1, 0.15) is 34.7 Å². The van der Waals surface area contributed by atoms with Gasteiger partial charge in [-0.05, 0) is 50.0 Å².